The molecule has 0 amide bonds. The molecule has 0 aliphatic heterocycles. The lowest BCUT2D eigenvalue weighted by molar-refractivity contribution is -0.140. The number of allylic oxidation sites excluding steroid dienone is 2. The van der Waals surface area contributed by atoms with Gasteiger partial charge in [0.2, 0.25) is 0 Å². The second kappa shape index (κ2) is 26.7. The maximum atomic E-state index is 11.0. The van der Waals surface area contributed by atoms with E-state index in [9.17, 15) is 4.79 Å². The summed E-state index contributed by atoms with van der Waals surface area (Å²) < 4.78 is 16.5. The van der Waals surface area contributed by atoms with Crippen LogP contribution in [0.2, 0.25) is 0 Å². The van der Waals surface area contributed by atoms with E-state index in [4.69, 9.17) is 9.47 Å². The summed E-state index contributed by atoms with van der Waals surface area (Å²) in [5.41, 5.74) is 0. The Morgan fingerprint density at radius 1 is 0.706 bits per heavy atom. The number of nitrogens with zero attached hydrogens (tertiary/aromatic N) is 1. The molecule has 34 heavy (non-hydrogen) atoms. The van der Waals surface area contributed by atoms with Gasteiger partial charge in [0.15, 0.2) is 0 Å². The molecule has 0 fully saturated rings. The molecule has 0 bridgehead atoms. The third kappa shape index (κ3) is 24.2. The Hall–Kier alpha value is -0.910. The van der Waals surface area contributed by atoms with Crippen LogP contribution in [0.25, 0.3) is 0 Å². The Morgan fingerprint density at radius 2 is 1.18 bits per heavy atom. The minimum atomic E-state index is -0.0924. The van der Waals surface area contributed by atoms with Crippen molar-refractivity contribution in [3.05, 3.63) is 12.2 Å². The van der Waals surface area contributed by atoms with Crippen LogP contribution in [0.5, 0.6) is 0 Å². The molecule has 0 saturated carbocycles. The van der Waals surface area contributed by atoms with E-state index in [-0.39, 0.29) is 5.97 Å². The predicted octanol–water partition coefficient (Wildman–Crippen LogP) is 7.33. The largest absolute Gasteiger partial charge is 0.469 e. The summed E-state index contributed by atoms with van der Waals surface area (Å²) in [6.07, 6.45) is 24.8. The van der Waals surface area contributed by atoms with Gasteiger partial charge < -0.3 is 19.1 Å². The second-order valence-corrected chi connectivity index (χ2v) is 9.74. The van der Waals surface area contributed by atoms with E-state index >= 15 is 0 Å². The SMILES string of the molecule is CCCCCCCOCC(COCCCCCCCC/C=C/CCCCCC(=O)OC)N(C)C. The Labute approximate surface area is 212 Å². The van der Waals surface area contributed by atoms with E-state index in [0.29, 0.717) is 12.5 Å². The van der Waals surface area contributed by atoms with Crippen molar-refractivity contribution < 1.29 is 19.0 Å². The molecule has 5 nitrogen and oxygen atoms in total. The number of rotatable bonds is 26. The number of likely N-dealkylation sites (N-methyl/N-ethyl adjacent to an activating group) is 1. The zero-order valence-electron chi connectivity index (χ0n) is 23.2. The molecule has 1 atom stereocenters. The lowest BCUT2D eigenvalue weighted by Crippen LogP contribution is -2.37. The number of hydrogen-bond acceptors (Lipinski definition) is 5. The lowest BCUT2D eigenvalue weighted by Gasteiger charge is -2.24. The van der Waals surface area contributed by atoms with Crippen molar-refractivity contribution in [1.82, 2.24) is 4.90 Å². The lowest BCUT2D eigenvalue weighted by atomic mass is 10.1. The molecule has 0 heterocycles. The van der Waals surface area contributed by atoms with Crippen molar-refractivity contribution >= 4 is 5.97 Å². The van der Waals surface area contributed by atoms with Gasteiger partial charge in [-0.05, 0) is 59.0 Å². The molecular weight excluding hydrogens is 426 g/mol. The van der Waals surface area contributed by atoms with Crippen LogP contribution in [-0.2, 0) is 19.0 Å². The van der Waals surface area contributed by atoms with Crippen molar-refractivity contribution in [2.24, 2.45) is 0 Å². The highest BCUT2D eigenvalue weighted by atomic mass is 16.5. The maximum Gasteiger partial charge on any atom is 0.305 e. The van der Waals surface area contributed by atoms with Crippen molar-refractivity contribution in [3.63, 3.8) is 0 Å². The molecule has 202 valence electrons. The first-order valence-electron chi connectivity index (χ1n) is 14.2. The van der Waals surface area contributed by atoms with Gasteiger partial charge in [-0.2, -0.15) is 0 Å². The zero-order chi connectivity index (χ0) is 25.1. The maximum absolute atomic E-state index is 11.0. The van der Waals surface area contributed by atoms with Crippen LogP contribution >= 0.6 is 0 Å². The molecule has 0 aromatic heterocycles. The first-order valence-corrected chi connectivity index (χ1v) is 14.2. The van der Waals surface area contributed by atoms with Crippen LogP contribution in [0.1, 0.15) is 116 Å². The first kappa shape index (κ1) is 33.1. The van der Waals surface area contributed by atoms with Crippen molar-refractivity contribution in [3.8, 4) is 0 Å². The number of carbonyl (C=O) groups excluding carboxylic acids is 1. The monoisotopic (exact) mass is 483 g/mol. The third-order valence-electron chi connectivity index (χ3n) is 6.30. The van der Waals surface area contributed by atoms with E-state index in [1.807, 2.05) is 0 Å². The van der Waals surface area contributed by atoms with Crippen LogP contribution in [0.3, 0.4) is 0 Å². The van der Waals surface area contributed by atoms with Crippen molar-refractivity contribution in [1.29, 1.82) is 0 Å². The molecule has 0 aliphatic rings. The molecule has 0 rings (SSSR count). The van der Waals surface area contributed by atoms with E-state index in [2.05, 4.69) is 42.8 Å². The summed E-state index contributed by atoms with van der Waals surface area (Å²) in [5, 5.41) is 0. The Bertz CT molecular complexity index is 453. The fourth-order valence-corrected chi connectivity index (χ4v) is 3.81. The highest BCUT2D eigenvalue weighted by Crippen LogP contribution is 2.10. The summed E-state index contributed by atoms with van der Waals surface area (Å²) in [7, 11) is 5.68. The summed E-state index contributed by atoms with van der Waals surface area (Å²) in [5.74, 6) is -0.0924. The standard InChI is InChI=1S/C29H57NO4/c1-5-6-7-18-21-24-33-26-28(30(2)3)27-34-25-22-19-16-14-12-10-8-9-11-13-15-17-20-23-29(31)32-4/h9,11,28H,5-8,10,12-27H2,1-4H3/b11-9+. The number of carbonyl (C=O) groups is 1. The number of esters is 1. The van der Waals surface area contributed by atoms with E-state index in [1.54, 1.807) is 0 Å². The molecule has 5 heteroatoms. The van der Waals surface area contributed by atoms with Gasteiger partial charge in [-0.3, -0.25) is 4.79 Å². The zero-order valence-corrected chi connectivity index (χ0v) is 23.2. The summed E-state index contributed by atoms with van der Waals surface area (Å²) >= 11 is 0. The highest BCUT2D eigenvalue weighted by Gasteiger charge is 2.11. The number of ether oxygens (including phenoxy) is 3. The normalized spacial score (nSPS) is 12.6. The topological polar surface area (TPSA) is 48.0 Å². The first-order chi connectivity index (χ1) is 16.6. The molecule has 0 radical (unpaired) electrons. The van der Waals surface area contributed by atoms with Gasteiger partial charge in [0, 0.05) is 19.6 Å². The Morgan fingerprint density at radius 3 is 1.68 bits per heavy atom. The fourth-order valence-electron chi connectivity index (χ4n) is 3.81. The van der Waals surface area contributed by atoms with E-state index < -0.39 is 0 Å². The van der Waals surface area contributed by atoms with Crippen LogP contribution in [0, 0.1) is 0 Å². The second-order valence-electron chi connectivity index (χ2n) is 9.74. The van der Waals surface area contributed by atoms with Gasteiger partial charge in [-0.15, -0.1) is 0 Å². The molecule has 0 spiro atoms. The minimum Gasteiger partial charge on any atom is -0.469 e. The van der Waals surface area contributed by atoms with Gasteiger partial charge in [0.05, 0.1) is 26.4 Å². The Balaban J connectivity index is 3.41. The van der Waals surface area contributed by atoms with Gasteiger partial charge in [-0.25, -0.2) is 0 Å². The van der Waals surface area contributed by atoms with Gasteiger partial charge in [0.25, 0.3) is 0 Å². The quantitative estimate of drug-likeness (QED) is 0.0732. The minimum absolute atomic E-state index is 0.0924. The van der Waals surface area contributed by atoms with E-state index in [0.717, 1.165) is 58.5 Å². The average Bonchev–Trinajstić information content (AvgIpc) is 2.83. The number of methoxy groups -OCH3 is 1. The van der Waals surface area contributed by atoms with E-state index in [1.165, 1.54) is 77.7 Å². The van der Waals surface area contributed by atoms with Crippen LogP contribution < -0.4 is 0 Å². The molecule has 1 unspecified atom stereocenters. The fraction of sp³-hybridized carbons (Fsp3) is 0.897. The van der Waals surface area contributed by atoms with Gasteiger partial charge in [-0.1, -0.05) is 76.9 Å². The Kier molecular flexibility index (Phi) is 26.0. The highest BCUT2D eigenvalue weighted by molar-refractivity contribution is 5.68. The summed E-state index contributed by atoms with van der Waals surface area (Å²) in [6, 6.07) is 0.351. The van der Waals surface area contributed by atoms with Gasteiger partial charge in [0.1, 0.15) is 0 Å². The average molecular weight is 484 g/mol. The van der Waals surface area contributed by atoms with Crippen LogP contribution in [0.15, 0.2) is 12.2 Å². The van der Waals surface area contributed by atoms with Crippen LogP contribution in [0.4, 0.5) is 0 Å². The molecule has 0 saturated heterocycles. The predicted molar refractivity (Wildman–Crippen MR) is 144 cm³/mol. The molecule has 0 aromatic rings. The smallest absolute Gasteiger partial charge is 0.305 e. The molecule has 0 N–H and O–H groups in total. The molecule has 0 aromatic carbocycles. The molecule has 0 aliphatic carbocycles. The van der Waals surface area contributed by atoms with Gasteiger partial charge >= 0.3 is 5.97 Å². The van der Waals surface area contributed by atoms with Crippen molar-refractivity contribution in [2.45, 2.75) is 122 Å². The summed E-state index contributed by atoms with van der Waals surface area (Å²) in [4.78, 5) is 13.2. The van der Waals surface area contributed by atoms with Crippen LogP contribution in [-0.4, -0.2) is 64.5 Å². The van der Waals surface area contributed by atoms with Crippen molar-refractivity contribution in [2.75, 3.05) is 47.6 Å². The number of unbranched alkanes of at least 4 members (excludes halogenated alkanes) is 13. The molecular formula is C29H57NO4. The number of hydrogen-bond donors (Lipinski definition) is 0. The third-order valence-corrected chi connectivity index (χ3v) is 6.30. The summed E-state index contributed by atoms with van der Waals surface area (Å²) in [6.45, 7) is 5.53.